The van der Waals surface area contributed by atoms with E-state index in [0.29, 0.717) is 5.92 Å². The van der Waals surface area contributed by atoms with Crippen LogP contribution in [-0.4, -0.2) is 11.1 Å². The van der Waals surface area contributed by atoms with Crippen molar-refractivity contribution in [2.45, 2.75) is 57.8 Å². The van der Waals surface area contributed by atoms with Crippen molar-refractivity contribution in [3.05, 3.63) is 0 Å². The van der Waals surface area contributed by atoms with E-state index in [-0.39, 0.29) is 5.92 Å². The topological polar surface area (TPSA) is 37.3 Å². The van der Waals surface area contributed by atoms with Crippen molar-refractivity contribution in [3.63, 3.8) is 0 Å². The van der Waals surface area contributed by atoms with Crippen molar-refractivity contribution in [2.75, 3.05) is 0 Å². The first kappa shape index (κ1) is 11.0. The zero-order valence-corrected chi connectivity index (χ0v) is 9.45. The van der Waals surface area contributed by atoms with Gasteiger partial charge in [-0.3, -0.25) is 4.79 Å². The Kier molecular flexibility index (Phi) is 3.66. The monoisotopic (exact) mass is 210 g/mol. The van der Waals surface area contributed by atoms with Crippen LogP contribution >= 0.6 is 0 Å². The molecule has 2 aliphatic carbocycles. The zero-order chi connectivity index (χ0) is 10.7. The number of hydrogen-bond donors (Lipinski definition) is 1. The normalized spacial score (nSPS) is 37.5. The van der Waals surface area contributed by atoms with Crippen LogP contribution in [0.15, 0.2) is 0 Å². The number of hydrogen-bond acceptors (Lipinski definition) is 1. The summed E-state index contributed by atoms with van der Waals surface area (Å²) in [6, 6.07) is 0. The van der Waals surface area contributed by atoms with Gasteiger partial charge in [0.15, 0.2) is 0 Å². The van der Waals surface area contributed by atoms with Crippen molar-refractivity contribution in [2.24, 2.45) is 17.8 Å². The SMILES string of the molecule is O=C(O)C1CCC2CCCCCCCC21. The van der Waals surface area contributed by atoms with E-state index in [4.69, 9.17) is 0 Å². The van der Waals surface area contributed by atoms with Crippen LogP contribution in [-0.2, 0) is 4.79 Å². The number of aliphatic carboxylic acids is 1. The largest absolute Gasteiger partial charge is 0.481 e. The molecule has 2 rings (SSSR count). The fourth-order valence-corrected chi connectivity index (χ4v) is 3.57. The molecule has 0 amide bonds. The highest BCUT2D eigenvalue weighted by Gasteiger charge is 2.39. The van der Waals surface area contributed by atoms with E-state index in [1.807, 2.05) is 0 Å². The van der Waals surface area contributed by atoms with E-state index in [2.05, 4.69) is 0 Å². The first-order valence-electron chi connectivity index (χ1n) is 6.52. The molecule has 3 atom stereocenters. The standard InChI is InChI=1S/C13H22O2/c14-13(15)12-9-8-10-6-4-2-1-3-5-7-11(10)12/h10-12H,1-9H2,(H,14,15). The van der Waals surface area contributed by atoms with Gasteiger partial charge in [-0.05, 0) is 31.1 Å². The predicted molar refractivity (Wildman–Crippen MR) is 59.7 cm³/mol. The van der Waals surface area contributed by atoms with Crippen molar-refractivity contribution >= 4 is 5.97 Å². The summed E-state index contributed by atoms with van der Waals surface area (Å²) in [5.41, 5.74) is 0. The molecule has 0 radical (unpaired) electrons. The van der Waals surface area contributed by atoms with Crippen LogP contribution in [0.5, 0.6) is 0 Å². The van der Waals surface area contributed by atoms with E-state index in [9.17, 15) is 9.90 Å². The summed E-state index contributed by atoms with van der Waals surface area (Å²) in [7, 11) is 0. The number of carbonyl (C=O) groups is 1. The quantitative estimate of drug-likeness (QED) is 0.719. The van der Waals surface area contributed by atoms with Gasteiger partial charge in [0.1, 0.15) is 0 Å². The molecule has 2 saturated carbocycles. The Balaban J connectivity index is 2.01. The van der Waals surface area contributed by atoms with Gasteiger partial charge in [0.2, 0.25) is 0 Å². The number of fused-ring (bicyclic) bond motifs is 1. The zero-order valence-electron chi connectivity index (χ0n) is 9.45. The molecule has 0 heterocycles. The van der Waals surface area contributed by atoms with Gasteiger partial charge < -0.3 is 5.11 Å². The lowest BCUT2D eigenvalue weighted by Gasteiger charge is -2.21. The summed E-state index contributed by atoms with van der Waals surface area (Å²) < 4.78 is 0. The third-order valence-electron chi connectivity index (χ3n) is 4.40. The molecule has 0 aromatic heterocycles. The maximum atomic E-state index is 11.1. The van der Waals surface area contributed by atoms with Gasteiger partial charge in [0.25, 0.3) is 0 Å². The van der Waals surface area contributed by atoms with Gasteiger partial charge in [-0.25, -0.2) is 0 Å². The predicted octanol–water partition coefficient (Wildman–Crippen LogP) is 3.46. The molecule has 0 aliphatic heterocycles. The molecule has 0 bridgehead atoms. The fraction of sp³-hybridized carbons (Fsp3) is 0.923. The summed E-state index contributed by atoms with van der Waals surface area (Å²) in [4.78, 5) is 11.1. The van der Waals surface area contributed by atoms with Gasteiger partial charge in [-0.2, -0.15) is 0 Å². The molecule has 3 unspecified atom stereocenters. The van der Waals surface area contributed by atoms with Gasteiger partial charge in [-0.15, -0.1) is 0 Å². The lowest BCUT2D eigenvalue weighted by atomic mass is 9.83. The minimum absolute atomic E-state index is 0.0203. The molecule has 2 aliphatic rings. The number of carboxylic acid groups (broad SMARTS) is 1. The van der Waals surface area contributed by atoms with Crippen LogP contribution in [0.25, 0.3) is 0 Å². The minimum atomic E-state index is -0.540. The van der Waals surface area contributed by atoms with Crippen LogP contribution in [0, 0.1) is 17.8 Å². The average Bonchev–Trinajstić information content (AvgIpc) is 2.61. The van der Waals surface area contributed by atoms with Crippen molar-refractivity contribution in [3.8, 4) is 0 Å². The third kappa shape index (κ3) is 2.53. The summed E-state index contributed by atoms with van der Waals surface area (Å²) in [6.45, 7) is 0. The molecular weight excluding hydrogens is 188 g/mol. The van der Waals surface area contributed by atoms with Gasteiger partial charge in [0.05, 0.1) is 5.92 Å². The maximum absolute atomic E-state index is 11.1. The molecular formula is C13H22O2. The van der Waals surface area contributed by atoms with Crippen molar-refractivity contribution in [1.82, 2.24) is 0 Å². The van der Waals surface area contributed by atoms with E-state index in [1.54, 1.807) is 0 Å². The second kappa shape index (κ2) is 5.00. The fourth-order valence-electron chi connectivity index (χ4n) is 3.57. The Hall–Kier alpha value is -0.530. The molecule has 0 aromatic rings. The summed E-state index contributed by atoms with van der Waals surface area (Å²) in [6.07, 6.45) is 11.2. The van der Waals surface area contributed by atoms with E-state index in [1.165, 1.54) is 51.4 Å². The maximum Gasteiger partial charge on any atom is 0.306 e. The second-order valence-corrected chi connectivity index (χ2v) is 5.29. The Labute approximate surface area is 92.1 Å². The molecule has 0 spiro atoms. The Morgan fingerprint density at radius 3 is 2.27 bits per heavy atom. The summed E-state index contributed by atoms with van der Waals surface area (Å²) in [5.74, 6) is 0.666. The molecule has 1 N–H and O–H groups in total. The van der Waals surface area contributed by atoms with E-state index in [0.717, 1.165) is 12.3 Å². The highest BCUT2D eigenvalue weighted by Crippen LogP contribution is 2.43. The van der Waals surface area contributed by atoms with Crippen LogP contribution in [0.4, 0.5) is 0 Å². The molecule has 0 aromatic carbocycles. The minimum Gasteiger partial charge on any atom is -0.481 e. The van der Waals surface area contributed by atoms with Crippen LogP contribution < -0.4 is 0 Å². The third-order valence-corrected chi connectivity index (χ3v) is 4.40. The van der Waals surface area contributed by atoms with Crippen molar-refractivity contribution < 1.29 is 9.90 Å². The second-order valence-electron chi connectivity index (χ2n) is 5.29. The lowest BCUT2D eigenvalue weighted by Crippen LogP contribution is -2.22. The van der Waals surface area contributed by atoms with Gasteiger partial charge >= 0.3 is 5.97 Å². The summed E-state index contributed by atoms with van der Waals surface area (Å²) in [5, 5.41) is 9.18. The smallest absolute Gasteiger partial charge is 0.306 e. The van der Waals surface area contributed by atoms with Crippen molar-refractivity contribution in [1.29, 1.82) is 0 Å². The molecule has 2 heteroatoms. The first-order chi connectivity index (χ1) is 7.29. The van der Waals surface area contributed by atoms with Crippen LogP contribution in [0.2, 0.25) is 0 Å². The number of carboxylic acids is 1. The lowest BCUT2D eigenvalue weighted by molar-refractivity contribution is -0.143. The Morgan fingerprint density at radius 2 is 1.53 bits per heavy atom. The van der Waals surface area contributed by atoms with E-state index < -0.39 is 5.97 Å². The van der Waals surface area contributed by atoms with Gasteiger partial charge in [0, 0.05) is 0 Å². The highest BCUT2D eigenvalue weighted by molar-refractivity contribution is 5.70. The molecule has 15 heavy (non-hydrogen) atoms. The molecule has 86 valence electrons. The van der Waals surface area contributed by atoms with E-state index >= 15 is 0 Å². The molecule has 0 saturated heterocycles. The highest BCUT2D eigenvalue weighted by atomic mass is 16.4. The Morgan fingerprint density at radius 1 is 0.867 bits per heavy atom. The Bertz CT molecular complexity index is 225. The molecule has 2 fully saturated rings. The summed E-state index contributed by atoms with van der Waals surface area (Å²) >= 11 is 0. The molecule has 2 nitrogen and oxygen atoms in total. The first-order valence-corrected chi connectivity index (χ1v) is 6.52. The van der Waals surface area contributed by atoms with Crippen LogP contribution in [0.3, 0.4) is 0 Å². The number of rotatable bonds is 1. The van der Waals surface area contributed by atoms with Crippen LogP contribution in [0.1, 0.15) is 57.8 Å². The average molecular weight is 210 g/mol. The van der Waals surface area contributed by atoms with Gasteiger partial charge in [-0.1, -0.05) is 38.5 Å².